The standard InChI is InChI=1S/C22H20ClN3O4S/c23-17-6-8-18(9-7-17)31(29,30)26-14-12-25(13-15-26)22(28)19-10-11-20(24-21(19)27)16-4-2-1-3-5-16/h1-11H,12-15H2,(H,24,27). The number of sulfonamides is 1. The van der Waals surface area contributed by atoms with E-state index in [4.69, 9.17) is 11.6 Å². The third-order valence-corrected chi connectivity index (χ3v) is 7.37. The fraction of sp³-hybridized carbons (Fsp3) is 0.182. The maximum Gasteiger partial charge on any atom is 0.261 e. The summed E-state index contributed by atoms with van der Waals surface area (Å²) in [7, 11) is -3.67. The fourth-order valence-electron chi connectivity index (χ4n) is 3.49. The second-order valence-electron chi connectivity index (χ2n) is 7.13. The molecule has 0 aliphatic carbocycles. The molecule has 2 aromatic carbocycles. The summed E-state index contributed by atoms with van der Waals surface area (Å²) in [6, 6.07) is 18.5. The predicted molar refractivity (Wildman–Crippen MR) is 119 cm³/mol. The maximum absolute atomic E-state index is 12.9. The summed E-state index contributed by atoms with van der Waals surface area (Å²) in [5.74, 6) is -0.413. The van der Waals surface area contributed by atoms with E-state index < -0.39 is 21.5 Å². The molecule has 2 heterocycles. The molecule has 1 N–H and O–H groups in total. The molecular formula is C22H20ClN3O4S. The average Bonchev–Trinajstić information content (AvgIpc) is 2.79. The summed E-state index contributed by atoms with van der Waals surface area (Å²) in [6.45, 7) is 0.699. The first-order valence-corrected chi connectivity index (χ1v) is 11.5. The van der Waals surface area contributed by atoms with Crippen molar-refractivity contribution in [3.8, 4) is 11.3 Å². The van der Waals surface area contributed by atoms with E-state index in [0.717, 1.165) is 5.56 Å². The van der Waals surface area contributed by atoms with Crippen LogP contribution in [0, 0.1) is 0 Å². The molecule has 31 heavy (non-hydrogen) atoms. The van der Waals surface area contributed by atoms with Crippen molar-refractivity contribution >= 4 is 27.5 Å². The first kappa shape index (κ1) is 21.3. The van der Waals surface area contributed by atoms with Crippen LogP contribution >= 0.6 is 11.6 Å². The first-order valence-electron chi connectivity index (χ1n) is 9.70. The number of H-pyrrole nitrogens is 1. The average molecular weight is 458 g/mol. The molecular weight excluding hydrogens is 438 g/mol. The lowest BCUT2D eigenvalue weighted by molar-refractivity contribution is 0.0696. The van der Waals surface area contributed by atoms with E-state index in [2.05, 4.69) is 4.98 Å². The molecule has 1 aromatic heterocycles. The molecule has 0 atom stereocenters. The molecule has 1 aliphatic rings. The van der Waals surface area contributed by atoms with Crippen LogP contribution in [0.2, 0.25) is 5.02 Å². The number of nitrogens with one attached hydrogen (secondary N) is 1. The number of carbonyl (C=O) groups excluding carboxylic acids is 1. The summed E-state index contributed by atoms with van der Waals surface area (Å²) in [6.07, 6.45) is 0. The van der Waals surface area contributed by atoms with E-state index in [1.165, 1.54) is 39.5 Å². The number of amides is 1. The molecule has 1 aliphatic heterocycles. The SMILES string of the molecule is O=C(c1ccc(-c2ccccc2)[nH]c1=O)N1CCN(S(=O)(=O)c2ccc(Cl)cc2)CC1. The number of halogens is 1. The topological polar surface area (TPSA) is 90.6 Å². The number of carbonyl (C=O) groups is 1. The molecule has 1 fully saturated rings. The van der Waals surface area contributed by atoms with Crippen LogP contribution in [0.3, 0.4) is 0 Å². The molecule has 0 saturated carbocycles. The van der Waals surface area contributed by atoms with Gasteiger partial charge in [-0.1, -0.05) is 41.9 Å². The number of rotatable bonds is 4. The second-order valence-corrected chi connectivity index (χ2v) is 9.51. The Kier molecular flexibility index (Phi) is 5.95. The number of pyridine rings is 1. The molecule has 1 saturated heterocycles. The highest BCUT2D eigenvalue weighted by molar-refractivity contribution is 7.89. The number of aromatic amines is 1. The summed E-state index contributed by atoms with van der Waals surface area (Å²) in [5.41, 5.74) is 1.04. The maximum atomic E-state index is 12.9. The van der Waals surface area contributed by atoms with Gasteiger partial charge in [-0.25, -0.2) is 8.42 Å². The lowest BCUT2D eigenvalue weighted by Gasteiger charge is -2.33. The smallest absolute Gasteiger partial charge is 0.261 e. The number of hydrogen-bond acceptors (Lipinski definition) is 4. The molecule has 0 bridgehead atoms. The van der Waals surface area contributed by atoms with Gasteiger partial charge in [-0.3, -0.25) is 9.59 Å². The monoisotopic (exact) mass is 457 g/mol. The highest BCUT2D eigenvalue weighted by Crippen LogP contribution is 2.20. The quantitative estimate of drug-likeness (QED) is 0.652. The van der Waals surface area contributed by atoms with Crippen molar-refractivity contribution in [2.45, 2.75) is 4.90 Å². The number of hydrogen-bond donors (Lipinski definition) is 1. The van der Waals surface area contributed by atoms with E-state index in [-0.39, 0.29) is 36.6 Å². The highest BCUT2D eigenvalue weighted by Gasteiger charge is 2.31. The van der Waals surface area contributed by atoms with Gasteiger partial charge in [0.2, 0.25) is 10.0 Å². The van der Waals surface area contributed by atoms with Crippen molar-refractivity contribution < 1.29 is 13.2 Å². The van der Waals surface area contributed by atoms with Crippen molar-refractivity contribution in [3.05, 3.63) is 87.7 Å². The summed E-state index contributed by atoms with van der Waals surface area (Å²) in [5, 5.41) is 0.456. The van der Waals surface area contributed by atoms with Gasteiger partial charge in [-0.05, 0) is 42.0 Å². The second kappa shape index (κ2) is 8.66. The van der Waals surface area contributed by atoms with Crippen LogP contribution in [0.25, 0.3) is 11.3 Å². The number of nitrogens with zero attached hydrogens (tertiary/aromatic N) is 2. The van der Waals surface area contributed by atoms with Crippen LogP contribution in [-0.4, -0.2) is 54.7 Å². The van der Waals surface area contributed by atoms with Crippen LogP contribution in [0.5, 0.6) is 0 Å². The van der Waals surface area contributed by atoms with Crippen molar-refractivity contribution in [2.24, 2.45) is 0 Å². The molecule has 0 unspecified atom stereocenters. The molecule has 7 nitrogen and oxygen atoms in total. The zero-order valence-electron chi connectivity index (χ0n) is 16.5. The van der Waals surface area contributed by atoms with E-state index in [1.54, 1.807) is 6.07 Å². The van der Waals surface area contributed by atoms with Gasteiger partial charge in [0.1, 0.15) is 5.56 Å². The van der Waals surface area contributed by atoms with Gasteiger partial charge in [0.15, 0.2) is 0 Å². The van der Waals surface area contributed by atoms with E-state index >= 15 is 0 Å². The molecule has 0 spiro atoms. The normalized spacial score (nSPS) is 15.1. The van der Waals surface area contributed by atoms with Crippen molar-refractivity contribution in [3.63, 3.8) is 0 Å². The van der Waals surface area contributed by atoms with Crippen LogP contribution in [0.15, 0.2) is 76.4 Å². The zero-order valence-corrected chi connectivity index (χ0v) is 18.1. The Morgan fingerprint density at radius 1 is 0.871 bits per heavy atom. The minimum absolute atomic E-state index is 0.0358. The van der Waals surface area contributed by atoms with Gasteiger partial charge in [0, 0.05) is 36.9 Å². The van der Waals surface area contributed by atoms with Gasteiger partial charge in [0.05, 0.1) is 4.90 Å². The van der Waals surface area contributed by atoms with E-state index in [9.17, 15) is 18.0 Å². The Hall–Kier alpha value is -2.94. The molecule has 4 rings (SSSR count). The largest absolute Gasteiger partial charge is 0.336 e. The predicted octanol–water partition coefficient (Wildman–Crippen LogP) is 2.84. The van der Waals surface area contributed by atoms with Crippen LogP contribution in [0.1, 0.15) is 10.4 Å². The molecule has 0 radical (unpaired) electrons. The van der Waals surface area contributed by atoms with E-state index in [1.807, 2.05) is 30.3 Å². The number of benzene rings is 2. The minimum Gasteiger partial charge on any atom is -0.336 e. The van der Waals surface area contributed by atoms with Gasteiger partial charge < -0.3 is 9.88 Å². The third-order valence-electron chi connectivity index (χ3n) is 5.20. The summed E-state index contributed by atoms with van der Waals surface area (Å²) < 4.78 is 26.9. The van der Waals surface area contributed by atoms with Gasteiger partial charge in [0.25, 0.3) is 11.5 Å². The Morgan fingerprint density at radius 3 is 2.13 bits per heavy atom. The molecule has 9 heteroatoms. The molecule has 3 aromatic rings. The Bertz CT molecular complexity index is 1250. The van der Waals surface area contributed by atoms with Crippen LogP contribution in [-0.2, 0) is 10.0 Å². The third kappa shape index (κ3) is 4.41. The van der Waals surface area contributed by atoms with E-state index in [0.29, 0.717) is 10.7 Å². The molecule has 160 valence electrons. The van der Waals surface area contributed by atoms with Gasteiger partial charge in [-0.2, -0.15) is 4.31 Å². The summed E-state index contributed by atoms with van der Waals surface area (Å²) in [4.78, 5) is 29.8. The first-order chi connectivity index (χ1) is 14.9. The van der Waals surface area contributed by atoms with Gasteiger partial charge >= 0.3 is 0 Å². The minimum atomic E-state index is -3.67. The zero-order chi connectivity index (χ0) is 22.0. The summed E-state index contributed by atoms with van der Waals surface area (Å²) >= 11 is 5.84. The lowest BCUT2D eigenvalue weighted by atomic mass is 10.1. The highest BCUT2D eigenvalue weighted by atomic mass is 35.5. The van der Waals surface area contributed by atoms with Crippen molar-refractivity contribution in [2.75, 3.05) is 26.2 Å². The Morgan fingerprint density at radius 2 is 1.52 bits per heavy atom. The van der Waals surface area contributed by atoms with Crippen molar-refractivity contribution in [1.82, 2.24) is 14.2 Å². The lowest BCUT2D eigenvalue weighted by Crippen LogP contribution is -2.51. The van der Waals surface area contributed by atoms with Crippen molar-refractivity contribution in [1.29, 1.82) is 0 Å². The Balaban J connectivity index is 1.46. The van der Waals surface area contributed by atoms with Gasteiger partial charge in [-0.15, -0.1) is 0 Å². The number of piperazine rings is 1. The number of aromatic nitrogens is 1. The van der Waals surface area contributed by atoms with Crippen LogP contribution in [0.4, 0.5) is 0 Å². The Labute approximate surface area is 184 Å². The van der Waals surface area contributed by atoms with Crippen LogP contribution < -0.4 is 5.56 Å². The fourth-order valence-corrected chi connectivity index (χ4v) is 5.03. The molecule has 1 amide bonds.